The summed E-state index contributed by atoms with van der Waals surface area (Å²) in [5, 5.41) is 11.3. The van der Waals surface area contributed by atoms with E-state index in [0.29, 0.717) is 60.3 Å². The molecule has 9 nitrogen and oxygen atoms in total. The van der Waals surface area contributed by atoms with Crippen LogP contribution in [-0.2, 0) is 11.2 Å². The van der Waals surface area contributed by atoms with Gasteiger partial charge < -0.3 is 28.7 Å². The quantitative estimate of drug-likeness (QED) is 0.486. The fraction of sp³-hybridized carbons (Fsp3) is 0.318. The van der Waals surface area contributed by atoms with Crippen LogP contribution in [0.3, 0.4) is 0 Å². The van der Waals surface area contributed by atoms with Crippen LogP contribution in [0.1, 0.15) is 5.56 Å². The van der Waals surface area contributed by atoms with Crippen LogP contribution in [0.5, 0.6) is 23.0 Å². The normalized spacial score (nSPS) is 12.3. The maximum absolute atomic E-state index is 12.2. The number of thioether (sulfide) groups is 1. The smallest absolute Gasteiger partial charge is 0.277 e. The van der Waals surface area contributed by atoms with E-state index in [1.165, 1.54) is 11.8 Å². The fourth-order valence-electron chi connectivity index (χ4n) is 3.12. The van der Waals surface area contributed by atoms with Crippen LogP contribution in [0.15, 0.2) is 46.0 Å². The molecule has 1 aromatic heterocycles. The van der Waals surface area contributed by atoms with Gasteiger partial charge in [-0.3, -0.25) is 4.79 Å². The zero-order valence-corrected chi connectivity index (χ0v) is 18.6. The first-order valence-electron chi connectivity index (χ1n) is 10.00. The number of carbonyl (C=O) groups excluding carboxylic acids is 1. The van der Waals surface area contributed by atoms with Crippen molar-refractivity contribution in [1.82, 2.24) is 15.5 Å². The van der Waals surface area contributed by atoms with Gasteiger partial charge in [0, 0.05) is 12.1 Å². The van der Waals surface area contributed by atoms with Crippen molar-refractivity contribution in [1.29, 1.82) is 0 Å². The molecule has 3 aromatic rings. The number of ether oxygens (including phenoxy) is 4. The molecule has 0 bridgehead atoms. The van der Waals surface area contributed by atoms with Gasteiger partial charge in [0.15, 0.2) is 23.0 Å². The fourth-order valence-corrected chi connectivity index (χ4v) is 3.71. The molecule has 0 fully saturated rings. The van der Waals surface area contributed by atoms with Crippen molar-refractivity contribution in [3.63, 3.8) is 0 Å². The number of rotatable bonds is 9. The Kier molecular flexibility index (Phi) is 7.00. The molecule has 4 rings (SSSR count). The van der Waals surface area contributed by atoms with Crippen molar-refractivity contribution in [3.05, 3.63) is 42.0 Å². The third-order valence-electron chi connectivity index (χ3n) is 4.71. The molecular formula is C22H23N3O6S. The molecule has 1 aliphatic heterocycles. The molecule has 2 heterocycles. The zero-order chi connectivity index (χ0) is 22.3. The number of aromatic nitrogens is 2. The van der Waals surface area contributed by atoms with E-state index < -0.39 is 0 Å². The minimum Gasteiger partial charge on any atom is -0.493 e. The van der Waals surface area contributed by atoms with Crippen LogP contribution < -0.4 is 24.3 Å². The van der Waals surface area contributed by atoms with Crippen molar-refractivity contribution < 1.29 is 28.2 Å². The highest BCUT2D eigenvalue weighted by Crippen LogP contribution is 2.34. The maximum Gasteiger partial charge on any atom is 0.277 e. The number of hydrogen-bond donors (Lipinski definition) is 1. The van der Waals surface area contributed by atoms with Gasteiger partial charge in [-0.1, -0.05) is 17.8 Å². The average molecular weight is 458 g/mol. The molecule has 168 valence electrons. The van der Waals surface area contributed by atoms with Gasteiger partial charge in [-0.2, -0.15) is 0 Å². The molecule has 1 amide bonds. The average Bonchev–Trinajstić information content (AvgIpc) is 3.31. The molecule has 32 heavy (non-hydrogen) atoms. The van der Waals surface area contributed by atoms with Gasteiger partial charge in [-0.05, 0) is 42.3 Å². The number of fused-ring (bicyclic) bond motifs is 1. The molecule has 0 unspecified atom stereocenters. The Bertz CT molecular complexity index is 1090. The number of methoxy groups -OCH3 is 2. The summed E-state index contributed by atoms with van der Waals surface area (Å²) in [4.78, 5) is 12.2. The first kappa shape index (κ1) is 21.8. The third-order valence-corrected chi connectivity index (χ3v) is 5.52. The molecule has 0 aliphatic carbocycles. The first-order chi connectivity index (χ1) is 15.7. The molecule has 0 saturated carbocycles. The predicted molar refractivity (Wildman–Crippen MR) is 118 cm³/mol. The minimum atomic E-state index is -0.116. The van der Waals surface area contributed by atoms with Crippen molar-refractivity contribution in [2.45, 2.75) is 11.6 Å². The van der Waals surface area contributed by atoms with Crippen LogP contribution in [0.2, 0.25) is 0 Å². The van der Waals surface area contributed by atoms with Crippen molar-refractivity contribution >= 4 is 17.7 Å². The van der Waals surface area contributed by atoms with Gasteiger partial charge in [-0.15, -0.1) is 10.2 Å². The zero-order valence-electron chi connectivity index (χ0n) is 17.8. The topological polar surface area (TPSA) is 105 Å². The van der Waals surface area contributed by atoms with E-state index in [9.17, 15) is 4.79 Å². The second kappa shape index (κ2) is 10.3. The van der Waals surface area contributed by atoms with Crippen LogP contribution in [0, 0.1) is 0 Å². The predicted octanol–water partition coefficient (Wildman–Crippen LogP) is 2.98. The number of amides is 1. The molecule has 10 heteroatoms. The second-order valence-corrected chi connectivity index (χ2v) is 7.74. The molecule has 0 atom stereocenters. The Balaban J connectivity index is 1.25. The molecule has 0 spiro atoms. The highest BCUT2D eigenvalue weighted by molar-refractivity contribution is 7.99. The van der Waals surface area contributed by atoms with Gasteiger partial charge in [0.25, 0.3) is 5.22 Å². The summed E-state index contributed by atoms with van der Waals surface area (Å²) in [5.41, 5.74) is 1.77. The van der Waals surface area contributed by atoms with Crippen molar-refractivity contribution in [2.75, 3.05) is 39.7 Å². The molecule has 0 saturated heterocycles. The summed E-state index contributed by atoms with van der Waals surface area (Å²) in [6, 6.07) is 11.1. The Labute approximate surface area is 189 Å². The molecule has 1 N–H and O–H groups in total. The van der Waals surface area contributed by atoms with Crippen LogP contribution in [0.4, 0.5) is 0 Å². The lowest BCUT2D eigenvalue weighted by molar-refractivity contribution is -0.118. The Hall–Kier alpha value is -3.40. The second-order valence-electron chi connectivity index (χ2n) is 6.81. The molecule has 0 radical (unpaired) electrons. The number of benzene rings is 2. The van der Waals surface area contributed by atoms with Crippen LogP contribution in [0.25, 0.3) is 11.5 Å². The lowest BCUT2D eigenvalue weighted by atomic mass is 10.1. The number of carbonyl (C=O) groups is 1. The van der Waals surface area contributed by atoms with Gasteiger partial charge in [0.1, 0.15) is 13.2 Å². The molecule has 2 aromatic carbocycles. The summed E-state index contributed by atoms with van der Waals surface area (Å²) in [5.74, 6) is 3.10. The summed E-state index contributed by atoms with van der Waals surface area (Å²) in [6.45, 7) is 1.54. The minimum absolute atomic E-state index is 0.116. The summed E-state index contributed by atoms with van der Waals surface area (Å²) < 4.78 is 27.3. The molecule has 1 aliphatic rings. The molecular weight excluding hydrogens is 434 g/mol. The Morgan fingerprint density at radius 2 is 1.84 bits per heavy atom. The number of hydrogen-bond acceptors (Lipinski definition) is 9. The van der Waals surface area contributed by atoms with Gasteiger partial charge in [0.05, 0.1) is 20.0 Å². The van der Waals surface area contributed by atoms with Crippen molar-refractivity contribution in [2.24, 2.45) is 0 Å². The van der Waals surface area contributed by atoms with Crippen molar-refractivity contribution in [3.8, 4) is 34.5 Å². The standard InChI is InChI=1S/C22H23N3O6S/c1-27-16-5-3-14(11-18(16)28-2)7-8-23-20(26)13-32-22-25-24-21(31-22)15-4-6-17-19(12-15)30-10-9-29-17/h3-6,11-12H,7-10,13H2,1-2H3,(H,23,26). The van der Waals surface area contributed by atoms with Crippen LogP contribution >= 0.6 is 11.8 Å². The maximum atomic E-state index is 12.2. The number of nitrogens with one attached hydrogen (secondary N) is 1. The third kappa shape index (κ3) is 5.25. The summed E-state index contributed by atoms with van der Waals surface area (Å²) >= 11 is 1.19. The van der Waals surface area contributed by atoms with E-state index in [2.05, 4.69) is 15.5 Å². The van der Waals surface area contributed by atoms with Gasteiger partial charge >= 0.3 is 0 Å². The van der Waals surface area contributed by atoms with Crippen LogP contribution in [-0.4, -0.2) is 55.8 Å². The van der Waals surface area contributed by atoms with E-state index in [1.807, 2.05) is 30.3 Å². The first-order valence-corrected chi connectivity index (χ1v) is 11.0. The van der Waals surface area contributed by atoms with Gasteiger partial charge in [0.2, 0.25) is 11.8 Å². The lowest BCUT2D eigenvalue weighted by Gasteiger charge is -2.18. The van der Waals surface area contributed by atoms with E-state index in [1.54, 1.807) is 20.3 Å². The Morgan fingerprint density at radius 1 is 1.03 bits per heavy atom. The number of nitrogens with zero attached hydrogens (tertiary/aromatic N) is 2. The highest BCUT2D eigenvalue weighted by Gasteiger charge is 2.16. The summed E-state index contributed by atoms with van der Waals surface area (Å²) in [7, 11) is 3.19. The SMILES string of the molecule is COc1ccc(CCNC(=O)CSc2nnc(-c3ccc4c(c3)OCCO4)o2)cc1OC. The monoisotopic (exact) mass is 457 g/mol. The van der Waals surface area contributed by atoms with E-state index in [-0.39, 0.29) is 11.7 Å². The largest absolute Gasteiger partial charge is 0.493 e. The highest BCUT2D eigenvalue weighted by atomic mass is 32.2. The lowest BCUT2D eigenvalue weighted by Crippen LogP contribution is -2.27. The van der Waals surface area contributed by atoms with E-state index in [0.717, 1.165) is 11.1 Å². The Morgan fingerprint density at radius 3 is 2.66 bits per heavy atom. The van der Waals surface area contributed by atoms with E-state index in [4.69, 9.17) is 23.4 Å². The van der Waals surface area contributed by atoms with E-state index >= 15 is 0 Å². The summed E-state index contributed by atoms with van der Waals surface area (Å²) in [6.07, 6.45) is 0.672. The van der Waals surface area contributed by atoms with Gasteiger partial charge in [-0.25, -0.2) is 0 Å².